The molecule has 1 aromatic carbocycles. The van der Waals surface area contributed by atoms with Crippen molar-refractivity contribution in [3.8, 4) is 0 Å². The third-order valence-corrected chi connectivity index (χ3v) is 5.28. The largest absolute Gasteiger partial charge is 0.468 e. The van der Waals surface area contributed by atoms with Gasteiger partial charge in [0, 0.05) is 31.9 Å². The molecule has 6 heteroatoms. The first-order valence-electron chi connectivity index (χ1n) is 10.0. The topological polar surface area (TPSA) is 53.1 Å². The number of carbonyl (C=O) groups excluding carboxylic acids is 1. The van der Waals surface area contributed by atoms with E-state index in [1.54, 1.807) is 12.5 Å². The Morgan fingerprint density at radius 3 is 2.14 bits per heavy atom. The molecule has 1 saturated heterocycles. The van der Waals surface area contributed by atoms with E-state index in [4.69, 9.17) is 8.83 Å². The van der Waals surface area contributed by atoms with Gasteiger partial charge in [0.15, 0.2) is 0 Å². The number of amides is 1. The fourth-order valence-corrected chi connectivity index (χ4v) is 3.74. The summed E-state index contributed by atoms with van der Waals surface area (Å²) in [6.07, 6.45) is 3.32. The summed E-state index contributed by atoms with van der Waals surface area (Å²) < 4.78 is 11.0. The predicted molar refractivity (Wildman–Crippen MR) is 112 cm³/mol. The molecule has 6 nitrogen and oxygen atoms in total. The molecule has 0 unspecified atom stereocenters. The summed E-state index contributed by atoms with van der Waals surface area (Å²) in [4.78, 5) is 19.3. The van der Waals surface area contributed by atoms with Gasteiger partial charge < -0.3 is 18.6 Å². The molecule has 152 valence electrons. The Labute approximate surface area is 171 Å². The highest BCUT2D eigenvalue weighted by Crippen LogP contribution is 2.18. The maximum absolute atomic E-state index is 13.0. The maximum Gasteiger partial charge on any atom is 0.236 e. The third kappa shape index (κ3) is 5.09. The van der Waals surface area contributed by atoms with Gasteiger partial charge in [-0.2, -0.15) is 0 Å². The van der Waals surface area contributed by atoms with Crippen molar-refractivity contribution in [1.29, 1.82) is 0 Å². The second-order valence-electron chi connectivity index (χ2n) is 7.51. The number of hydrogen-bond donors (Lipinski definition) is 0. The van der Waals surface area contributed by atoms with Gasteiger partial charge in [0.25, 0.3) is 0 Å². The smallest absolute Gasteiger partial charge is 0.236 e. The highest BCUT2D eigenvalue weighted by atomic mass is 16.3. The lowest BCUT2D eigenvalue weighted by Gasteiger charge is -2.37. The molecule has 0 atom stereocenters. The molecule has 3 aromatic rings. The summed E-state index contributed by atoms with van der Waals surface area (Å²) in [5.74, 6) is 1.83. The van der Waals surface area contributed by atoms with Crippen molar-refractivity contribution in [2.24, 2.45) is 0 Å². The Kier molecular flexibility index (Phi) is 6.00. The first kappa shape index (κ1) is 19.3. The van der Waals surface area contributed by atoms with E-state index in [2.05, 4.69) is 41.0 Å². The second-order valence-corrected chi connectivity index (χ2v) is 7.51. The Bertz CT molecular complexity index is 861. The van der Waals surface area contributed by atoms with Crippen LogP contribution in [0, 0.1) is 6.92 Å². The van der Waals surface area contributed by atoms with Crippen molar-refractivity contribution >= 4 is 11.6 Å². The minimum atomic E-state index is 0.145. The van der Waals surface area contributed by atoms with Crippen molar-refractivity contribution in [1.82, 2.24) is 9.80 Å². The van der Waals surface area contributed by atoms with Crippen molar-refractivity contribution in [3.05, 3.63) is 78.1 Å². The van der Waals surface area contributed by atoms with E-state index in [1.807, 2.05) is 29.2 Å². The van der Waals surface area contributed by atoms with E-state index in [1.165, 1.54) is 11.3 Å². The normalized spacial score (nSPS) is 14.6. The van der Waals surface area contributed by atoms with Crippen molar-refractivity contribution in [2.45, 2.75) is 20.0 Å². The van der Waals surface area contributed by atoms with Crippen molar-refractivity contribution in [2.75, 3.05) is 37.6 Å². The number of piperazine rings is 1. The van der Waals surface area contributed by atoms with E-state index in [9.17, 15) is 4.79 Å². The molecule has 1 aliphatic heterocycles. The molecule has 0 saturated carbocycles. The lowest BCUT2D eigenvalue weighted by atomic mass is 10.2. The molecule has 1 fully saturated rings. The standard InChI is InChI=1S/C23H27N3O3/c1-19-5-2-6-20(15-19)25-9-11-26(12-10-25)23(27)18-24(16-21-7-3-13-28-21)17-22-8-4-14-29-22/h2-8,13-15H,9-12,16-18H2,1H3. The first-order valence-corrected chi connectivity index (χ1v) is 10.0. The molecule has 0 radical (unpaired) electrons. The molecule has 0 N–H and O–H groups in total. The van der Waals surface area contributed by atoms with E-state index < -0.39 is 0 Å². The number of rotatable bonds is 7. The molecule has 2 aromatic heterocycles. The van der Waals surface area contributed by atoms with Gasteiger partial charge in [-0.1, -0.05) is 12.1 Å². The SMILES string of the molecule is Cc1cccc(N2CCN(C(=O)CN(Cc3ccco3)Cc3ccco3)CC2)c1. The van der Waals surface area contributed by atoms with Gasteiger partial charge in [-0.25, -0.2) is 0 Å². The highest BCUT2D eigenvalue weighted by molar-refractivity contribution is 5.78. The Morgan fingerprint density at radius 2 is 1.59 bits per heavy atom. The maximum atomic E-state index is 13.0. The quantitative estimate of drug-likeness (QED) is 0.615. The molecule has 1 aliphatic rings. The number of carbonyl (C=O) groups is 1. The number of anilines is 1. The molecule has 0 spiro atoms. The van der Waals surface area contributed by atoms with E-state index in [-0.39, 0.29) is 5.91 Å². The lowest BCUT2D eigenvalue weighted by molar-refractivity contribution is -0.133. The fraction of sp³-hybridized carbons (Fsp3) is 0.348. The van der Waals surface area contributed by atoms with Crippen LogP contribution in [0.1, 0.15) is 17.1 Å². The molecule has 29 heavy (non-hydrogen) atoms. The first-order chi connectivity index (χ1) is 14.2. The second kappa shape index (κ2) is 9.01. The highest BCUT2D eigenvalue weighted by Gasteiger charge is 2.24. The number of nitrogens with zero attached hydrogens (tertiary/aromatic N) is 3. The zero-order valence-electron chi connectivity index (χ0n) is 16.8. The third-order valence-electron chi connectivity index (χ3n) is 5.28. The summed E-state index contributed by atoms with van der Waals surface area (Å²) in [7, 11) is 0. The van der Waals surface area contributed by atoms with Crippen LogP contribution in [0.15, 0.2) is 69.9 Å². The minimum Gasteiger partial charge on any atom is -0.468 e. The van der Waals surface area contributed by atoms with Crippen LogP contribution in [-0.4, -0.2) is 48.4 Å². The van der Waals surface area contributed by atoms with Gasteiger partial charge in [0.05, 0.1) is 32.2 Å². The van der Waals surface area contributed by atoms with Gasteiger partial charge >= 0.3 is 0 Å². The van der Waals surface area contributed by atoms with Crippen LogP contribution in [0.5, 0.6) is 0 Å². The van der Waals surface area contributed by atoms with Gasteiger partial charge in [0.1, 0.15) is 11.5 Å². The van der Waals surface area contributed by atoms with Crippen molar-refractivity contribution < 1.29 is 13.6 Å². The summed E-state index contributed by atoms with van der Waals surface area (Å²) in [6.45, 7) is 6.77. The van der Waals surface area contributed by atoms with E-state index in [0.29, 0.717) is 19.6 Å². The summed E-state index contributed by atoms with van der Waals surface area (Å²) in [5, 5.41) is 0. The summed E-state index contributed by atoms with van der Waals surface area (Å²) >= 11 is 0. The van der Waals surface area contributed by atoms with Gasteiger partial charge in [-0.3, -0.25) is 9.69 Å². The van der Waals surface area contributed by atoms with Crippen LogP contribution < -0.4 is 4.90 Å². The van der Waals surface area contributed by atoms with Crippen LogP contribution >= 0.6 is 0 Å². The lowest BCUT2D eigenvalue weighted by Crippen LogP contribution is -2.51. The van der Waals surface area contributed by atoms with Gasteiger partial charge in [-0.05, 0) is 48.9 Å². The minimum absolute atomic E-state index is 0.145. The average Bonchev–Trinajstić information content (AvgIpc) is 3.42. The number of benzene rings is 1. The van der Waals surface area contributed by atoms with E-state index in [0.717, 1.165) is 37.7 Å². The molecule has 0 aliphatic carbocycles. The average molecular weight is 393 g/mol. The molecule has 4 rings (SSSR count). The van der Waals surface area contributed by atoms with E-state index >= 15 is 0 Å². The Hall–Kier alpha value is -2.99. The summed E-state index contributed by atoms with van der Waals surface area (Å²) in [6, 6.07) is 16.1. The van der Waals surface area contributed by atoms with Gasteiger partial charge in [0.2, 0.25) is 5.91 Å². The van der Waals surface area contributed by atoms with Crippen LogP contribution in [-0.2, 0) is 17.9 Å². The van der Waals surface area contributed by atoms with Gasteiger partial charge in [-0.15, -0.1) is 0 Å². The summed E-state index contributed by atoms with van der Waals surface area (Å²) in [5.41, 5.74) is 2.49. The number of aryl methyl sites for hydroxylation is 1. The predicted octanol–water partition coefficient (Wildman–Crippen LogP) is 3.53. The number of hydrogen-bond acceptors (Lipinski definition) is 5. The monoisotopic (exact) mass is 393 g/mol. The fourth-order valence-electron chi connectivity index (χ4n) is 3.74. The van der Waals surface area contributed by atoms with Crippen LogP contribution in [0.3, 0.4) is 0 Å². The molecule has 1 amide bonds. The zero-order valence-corrected chi connectivity index (χ0v) is 16.8. The Morgan fingerprint density at radius 1 is 0.931 bits per heavy atom. The van der Waals surface area contributed by atoms with Crippen LogP contribution in [0.2, 0.25) is 0 Å². The molecular weight excluding hydrogens is 366 g/mol. The van der Waals surface area contributed by atoms with Crippen LogP contribution in [0.25, 0.3) is 0 Å². The van der Waals surface area contributed by atoms with Crippen LogP contribution in [0.4, 0.5) is 5.69 Å². The molecule has 0 bridgehead atoms. The molecule has 3 heterocycles. The zero-order chi connectivity index (χ0) is 20.1. The Balaban J connectivity index is 1.35. The number of furan rings is 2. The molecular formula is C23H27N3O3. The van der Waals surface area contributed by atoms with Crippen molar-refractivity contribution in [3.63, 3.8) is 0 Å².